The van der Waals surface area contributed by atoms with Gasteiger partial charge in [-0.2, -0.15) is 8.42 Å². The van der Waals surface area contributed by atoms with Gasteiger partial charge in [0.1, 0.15) is 6.17 Å². The molecule has 0 saturated heterocycles. The van der Waals surface area contributed by atoms with Crippen LogP contribution in [0.3, 0.4) is 0 Å². The summed E-state index contributed by atoms with van der Waals surface area (Å²) in [7, 11) is -4.02. The number of aliphatic hydroxyl groups is 2. The van der Waals surface area contributed by atoms with Crippen LogP contribution in [0.2, 0.25) is 0 Å². The number of aryl methyl sites for hydroxylation is 1. The molecule has 0 aliphatic rings. The molecule has 0 aliphatic carbocycles. The van der Waals surface area contributed by atoms with E-state index in [4.69, 9.17) is 14.8 Å². The maximum Gasteiger partial charge on any atom is 0.294 e. The van der Waals surface area contributed by atoms with Crippen molar-refractivity contribution in [1.82, 2.24) is 0 Å². The average Bonchev–Trinajstić information content (AvgIpc) is 2.17. The normalized spacial score (nSPS) is 12.9. The summed E-state index contributed by atoms with van der Waals surface area (Å²) < 4.78 is 40.9. The summed E-state index contributed by atoms with van der Waals surface area (Å²) in [6.07, 6.45) is -3.35. The standard InChI is InChI=1S/C7H8O3S.C3H7FO2/c1-6-2-4-7(5-3-6)11(8,9)10;1-2(4)3(5)6/h2-5H,1H3,(H,8,9,10);2-3,5-6H,1H3. The Morgan fingerprint density at radius 3 is 1.76 bits per heavy atom. The first-order valence-corrected chi connectivity index (χ1v) is 6.13. The van der Waals surface area contributed by atoms with E-state index in [1.807, 2.05) is 6.92 Å². The second kappa shape index (κ2) is 6.65. The van der Waals surface area contributed by atoms with Crippen LogP contribution in [0.25, 0.3) is 0 Å². The number of rotatable bonds is 2. The van der Waals surface area contributed by atoms with Gasteiger partial charge in [0.25, 0.3) is 10.1 Å². The molecule has 0 bridgehead atoms. The Hall–Kier alpha value is -1.02. The third-order valence-electron chi connectivity index (χ3n) is 1.73. The topological polar surface area (TPSA) is 94.8 Å². The molecule has 1 aromatic carbocycles. The van der Waals surface area contributed by atoms with Gasteiger partial charge in [-0.15, -0.1) is 0 Å². The van der Waals surface area contributed by atoms with Crippen molar-refractivity contribution < 1.29 is 27.6 Å². The largest absolute Gasteiger partial charge is 0.366 e. The molecule has 0 saturated carbocycles. The second-order valence-electron chi connectivity index (χ2n) is 3.38. The van der Waals surface area contributed by atoms with E-state index < -0.39 is 22.6 Å². The van der Waals surface area contributed by atoms with E-state index in [2.05, 4.69) is 0 Å². The zero-order chi connectivity index (χ0) is 13.6. The SMILES string of the molecule is CC(F)C(O)O.Cc1ccc(S(=O)(=O)O)cc1. The third kappa shape index (κ3) is 7.01. The lowest BCUT2D eigenvalue weighted by molar-refractivity contribution is -0.0873. The first-order chi connectivity index (χ1) is 7.64. The molecule has 1 atom stereocenters. The van der Waals surface area contributed by atoms with Gasteiger partial charge in [0.05, 0.1) is 4.90 Å². The Balaban J connectivity index is 0.000000366. The molecule has 3 N–H and O–H groups in total. The maximum absolute atomic E-state index is 11.3. The van der Waals surface area contributed by atoms with Crippen LogP contribution in [-0.2, 0) is 10.1 Å². The third-order valence-corrected chi connectivity index (χ3v) is 2.60. The predicted octanol–water partition coefficient (Wildman–Crippen LogP) is 0.897. The van der Waals surface area contributed by atoms with Crippen molar-refractivity contribution in [1.29, 1.82) is 0 Å². The predicted molar refractivity (Wildman–Crippen MR) is 59.8 cm³/mol. The number of hydrogen-bond donors (Lipinski definition) is 3. The molecule has 98 valence electrons. The van der Waals surface area contributed by atoms with Crippen molar-refractivity contribution in [2.45, 2.75) is 31.2 Å². The van der Waals surface area contributed by atoms with E-state index in [0.29, 0.717) is 0 Å². The van der Waals surface area contributed by atoms with Crippen LogP contribution in [0.4, 0.5) is 4.39 Å². The number of benzene rings is 1. The maximum atomic E-state index is 11.3. The highest BCUT2D eigenvalue weighted by Gasteiger charge is 2.06. The van der Waals surface area contributed by atoms with Crippen LogP contribution in [0.5, 0.6) is 0 Å². The molecule has 1 aromatic rings. The van der Waals surface area contributed by atoms with Gasteiger partial charge in [0.15, 0.2) is 6.29 Å². The smallest absolute Gasteiger partial charge is 0.294 e. The van der Waals surface area contributed by atoms with Gasteiger partial charge in [-0.25, -0.2) is 4.39 Å². The lowest BCUT2D eigenvalue weighted by atomic mass is 10.2. The molecule has 1 rings (SSSR count). The Morgan fingerprint density at radius 2 is 1.53 bits per heavy atom. The van der Waals surface area contributed by atoms with Crippen LogP contribution in [0.15, 0.2) is 29.2 Å². The van der Waals surface area contributed by atoms with E-state index in [0.717, 1.165) is 12.5 Å². The zero-order valence-electron chi connectivity index (χ0n) is 9.41. The highest BCUT2D eigenvalue weighted by Crippen LogP contribution is 2.08. The molecule has 0 aromatic heterocycles. The van der Waals surface area contributed by atoms with Gasteiger partial charge in [0, 0.05) is 0 Å². The first kappa shape index (κ1) is 16.0. The number of aliphatic hydroxyl groups excluding tert-OH is 1. The van der Waals surface area contributed by atoms with Gasteiger partial charge in [-0.1, -0.05) is 17.7 Å². The van der Waals surface area contributed by atoms with Gasteiger partial charge < -0.3 is 10.2 Å². The van der Waals surface area contributed by atoms with Crippen LogP contribution in [0.1, 0.15) is 12.5 Å². The van der Waals surface area contributed by atoms with Gasteiger partial charge in [-0.3, -0.25) is 4.55 Å². The number of halogens is 1. The summed E-state index contributed by atoms with van der Waals surface area (Å²) in [6, 6.07) is 5.99. The Bertz CT molecular complexity index is 419. The first-order valence-electron chi connectivity index (χ1n) is 4.69. The van der Waals surface area contributed by atoms with Crippen molar-refractivity contribution >= 4 is 10.1 Å². The van der Waals surface area contributed by atoms with E-state index in [1.54, 1.807) is 12.1 Å². The van der Waals surface area contributed by atoms with Gasteiger partial charge in [0.2, 0.25) is 0 Å². The van der Waals surface area contributed by atoms with E-state index in [-0.39, 0.29) is 4.90 Å². The lowest BCUT2D eigenvalue weighted by Crippen LogP contribution is -2.16. The molecule has 1 unspecified atom stereocenters. The molecule has 7 heteroatoms. The molecular formula is C10H15FO5S. The minimum atomic E-state index is -4.02. The van der Waals surface area contributed by atoms with Crippen molar-refractivity contribution in [3.63, 3.8) is 0 Å². The molecule has 0 fully saturated rings. The number of alkyl halides is 1. The highest BCUT2D eigenvalue weighted by molar-refractivity contribution is 7.85. The quantitative estimate of drug-likeness (QED) is 0.546. The summed E-state index contributed by atoms with van der Waals surface area (Å²) in [4.78, 5) is -0.0666. The molecule has 0 aliphatic heterocycles. The molecular weight excluding hydrogens is 251 g/mol. The molecule has 0 amide bonds. The summed E-state index contributed by atoms with van der Waals surface area (Å²) >= 11 is 0. The summed E-state index contributed by atoms with van der Waals surface area (Å²) in [5, 5.41) is 15.6. The fourth-order valence-electron chi connectivity index (χ4n) is 0.710. The molecule has 5 nitrogen and oxygen atoms in total. The van der Waals surface area contributed by atoms with Crippen molar-refractivity contribution in [3.8, 4) is 0 Å². The Morgan fingerprint density at radius 1 is 1.18 bits per heavy atom. The van der Waals surface area contributed by atoms with Crippen molar-refractivity contribution in [3.05, 3.63) is 29.8 Å². The van der Waals surface area contributed by atoms with Crippen LogP contribution in [0, 0.1) is 6.92 Å². The van der Waals surface area contributed by atoms with Gasteiger partial charge >= 0.3 is 0 Å². The molecule has 0 heterocycles. The highest BCUT2D eigenvalue weighted by atomic mass is 32.2. The van der Waals surface area contributed by atoms with E-state index in [1.165, 1.54) is 12.1 Å². The lowest BCUT2D eigenvalue weighted by Gasteiger charge is -1.99. The Labute approximate surface area is 99.3 Å². The average molecular weight is 266 g/mol. The van der Waals surface area contributed by atoms with Crippen molar-refractivity contribution in [2.24, 2.45) is 0 Å². The fourth-order valence-corrected chi connectivity index (χ4v) is 1.19. The van der Waals surface area contributed by atoms with Crippen molar-refractivity contribution in [2.75, 3.05) is 0 Å². The summed E-state index contributed by atoms with van der Waals surface area (Å²) in [5.41, 5.74) is 0.956. The van der Waals surface area contributed by atoms with E-state index >= 15 is 0 Å². The molecule has 17 heavy (non-hydrogen) atoms. The zero-order valence-corrected chi connectivity index (χ0v) is 10.2. The second-order valence-corrected chi connectivity index (χ2v) is 4.80. The van der Waals surface area contributed by atoms with Crippen LogP contribution in [-0.4, -0.2) is 35.6 Å². The Kier molecular flexibility index (Phi) is 6.25. The fraction of sp³-hybridized carbons (Fsp3) is 0.400. The van der Waals surface area contributed by atoms with Crippen LogP contribution >= 0.6 is 0 Å². The molecule has 0 spiro atoms. The monoisotopic (exact) mass is 266 g/mol. The minimum Gasteiger partial charge on any atom is -0.366 e. The van der Waals surface area contributed by atoms with Crippen LogP contribution < -0.4 is 0 Å². The summed E-state index contributed by atoms with van der Waals surface area (Å²) in [6.45, 7) is 2.92. The summed E-state index contributed by atoms with van der Waals surface area (Å²) in [5.74, 6) is 0. The van der Waals surface area contributed by atoms with E-state index in [9.17, 15) is 12.8 Å². The number of hydrogen-bond acceptors (Lipinski definition) is 4. The van der Waals surface area contributed by atoms with Gasteiger partial charge in [-0.05, 0) is 26.0 Å². The molecule has 0 radical (unpaired) electrons. The minimum absolute atomic E-state index is 0.0666.